The third-order valence-electron chi connectivity index (χ3n) is 1.16. The molecular weight excluding hydrogens is 184 g/mol. The van der Waals surface area contributed by atoms with E-state index in [1.54, 1.807) is 0 Å². The maximum atomic E-state index is 11.5. The summed E-state index contributed by atoms with van der Waals surface area (Å²) in [5, 5.41) is 3.61. The van der Waals surface area contributed by atoms with Crippen LogP contribution >= 0.6 is 0 Å². The van der Waals surface area contributed by atoms with Crippen LogP contribution in [0.5, 0.6) is 0 Å². The van der Waals surface area contributed by atoms with Crippen molar-refractivity contribution in [3.8, 4) is 0 Å². The van der Waals surface area contributed by atoms with Gasteiger partial charge in [-0.05, 0) is 0 Å². The number of nitrogens with two attached hydrogens (primary N) is 1. The number of alkyl halides is 2. The predicted octanol–water partition coefficient (Wildman–Crippen LogP) is 0.231. The molecule has 0 aliphatic heterocycles. The molecule has 0 unspecified atom stereocenters. The van der Waals surface area contributed by atoms with Crippen molar-refractivity contribution in [1.29, 1.82) is 0 Å². The van der Waals surface area contributed by atoms with E-state index in [1.807, 2.05) is 0 Å². The molecule has 72 valence electrons. The molecule has 0 aliphatic rings. The summed E-state index contributed by atoms with van der Waals surface area (Å²) in [5.41, 5.74) is 5.62. The lowest BCUT2D eigenvalue weighted by Crippen LogP contribution is -2.16. The molecule has 7 heteroatoms. The zero-order chi connectivity index (χ0) is 9.84. The summed E-state index contributed by atoms with van der Waals surface area (Å²) in [6.45, 7) is -3.47. The molecule has 5 nitrogen and oxygen atoms in total. The number of ether oxygens (including phenoxy) is 1. The number of anilines is 1. The number of nitrogens with zero attached hydrogens (tertiary/aromatic N) is 2. The van der Waals surface area contributed by atoms with Gasteiger partial charge in [0.25, 0.3) is 0 Å². The Labute approximate surface area is 72.1 Å². The third kappa shape index (κ3) is 3.06. The van der Waals surface area contributed by atoms with E-state index >= 15 is 0 Å². The molecule has 0 amide bonds. The number of hydrogen-bond acceptors (Lipinski definition) is 4. The lowest BCUT2D eigenvalue weighted by molar-refractivity contribution is -0.177. The van der Waals surface area contributed by atoms with Crippen LogP contribution in [0.3, 0.4) is 0 Å². The van der Waals surface area contributed by atoms with Gasteiger partial charge in [0, 0.05) is 6.20 Å². The highest BCUT2D eigenvalue weighted by atomic mass is 19.3. The van der Waals surface area contributed by atoms with Gasteiger partial charge in [-0.25, -0.2) is 4.79 Å². The fourth-order valence-corrected chi connectivity index (χ4v) is 0.735. The lowest BCUT2D eigenvalue weighted by atomic mass is 10.6. The molecule has 1 aromatic rings. The van der Waals surface area contributed by atoms with Crippen LogP contribution in [0.15, 0.2) is 12.4 Å². The van der Waals surface area contributed by atoms with E-state index in [0.717, 1.165) is 4.68 Å². The Hall–Kier alpha value is -1.66. The Morgan fingerprint density at radius 1 is 1.77 bits per heavy atom. The van der Waals surface area contributed by atoms with Crippen LogP contribution in [-0.4, -0.2) is 22.4 Å². The summed E-state index contributed by atoms with van der Waals surface area (Å²) in [4.78, 5) is 10.6. The summed E-state index contributed by atoms with van der Waals surface area (Å²) in [6.07, 6.45) is 2.64. The summed E-state index contributed by atoms with van der Waals surface area (Å²) in [7, 11) is 0. The van der Waals surface area contributed by atoms with Gasteiger partial charge in [0.2, 0.25) is 0 Å². The zero-order valence-electron chi connectivity index (χ0n) is 6.48. The molecule has 0 saturated carbocycles. The minimum atomic E-state index is -3.10. The first-order valence-corrected chi connectivity index (χ1v) is 3.33. The van der Waals surface area contributed by atoms with Crippen LogP contribution in [0.1, 0.15) is 0 Å². The second kappa shape index (κ2) is 3.83. The van der Waals surface area contributed by atoms with Crippen LogP contribution in [0.4, 0.5) is 14.5 Å². The van der Waals surface area contributed by atoms with E-state index in [-0.39, 0.29) is 6.54 Å². The van der Waals surface area contributed by atoms with Gasteiger partial charge in [-0.2, -0.15) is 13.9 Å². The maximum absolute atomic E-state index is 11.5. The smallest absolute Gasteiger partial charge is 0.389 e. The molecular formula is C6H7F2N3O2. The number of halogens is 2. The number of carbonyl (C=O) groups excluding carboxylic acids is 1. The van der Waals surface area contributed by atoms with Crippen molar-refractivity contribution >= 4 is 11.7 Å². The Balaban J connectivity index is 2.45. The lowest BCUT2D eigenvalue weighted by Gasteiger charge is -2.01. The fourth-order valence-electron chi connectivity index (χ4n) is 0.735. The maximum Gasteiger partial charge on any atom is 0.389 e. The van der Waals surface area contributed by atoms with Crippen LogP contribution in [0, 0.1) is 0 Å². The van der Waals surface area contributed by atoms with E-state index in [4.69, 9.17) is 5.73 Å². The fraction of sp³-hybridized carbons (Fsp3) is 0.333. The van der Waals surface area contributed by atoms with E-state index in [9.17, 15) is 13.6 Å². The SMILES string of the molecule is Nc1cnn(CC(=O)OC(F)F)c1. The van der Waals surface area contributed by atoms with Crippen molar-refractivity contribution in [2.75, 3.05) is 5.73 Å². The molecule has 0 bridgehead atoms. The summed E-state index contributed by atoms with van der Waals surface area (Å²) in [6, 6.07) is 0. The molecule has 13 heavy (non-hydrogen) atoms. The Morgan fingerprint density at radius 3 is 2.92 bits per heavy atom. The average Bonchev–Trinajstić information content (AvgIpc) is 2.33. The van der Waals surface area contributed by atoms with Gasteiger partial charge in [0.15, 0.2) is 0 Å². The average molecular weight is 191 g/mol. The molecule has 1 aromatic heterocycles. The molecule has 0 spiro atoms. The van der Waals surface area contributed by atoms with Crippen LogP contribution < -0.4 is 5.73 Å². The van der Waals surface area contributed by atoms with Crippen LogP contribution in [0.2, 0.25) is 0 Å². The van der Waals surface area contributed by atoms with Gasteiger partial charge in [0.05, 0.1) is 11.9 Å². The van der Waals surface area contributed by atoms with Crippen molar-refractivity contribution in [3.05, 3.63) is 12.4 Å². The number of rotatable bonds is 3. The highest BCUT2D eigenvalue weighted by molar-refractivity contribution is 5.69. The molecule has 2 N–H and O–H groups in total. The normalized spacial score (nSPS) is 10.4. The van der Waals surface area contributed by atoms with Gasteiger partial charge in [-0.15, -0.1) is 0 Å². The molecule has 1 heterocycles. The Kier molecular flexibility index (Phi) is 2.78. The van der Waals surface area contributed by atoms with Gasteiger partial charge in [0.1, 0.15) is 6.54 Å². The van der Waals surface area contributed by atoms with Crippen LogP contribution in [0.25, 0.3) is 0 Å². The topological polar surface area (TPSA) is 70.1 Å². The zero-order valence-corrected chi connectivity index (χ0v) is 6.48. The monoisotopic (exact) mass is 191 g/mol. The number of aromatic nitrogens is 2. The number of carbonyl (C=O) groups is 1. The standard InChI is InChI=1S/C6H7F2N3O2/c7-6(8)13-5(12)3-11-2-4(9)1-10-11/h1-2,6H,3,9H2. The van der Waals surface area contributed by atoms with Crippen molar-refractivity contribution < 1.29 is 18.3 Å². The third-order valence-corrected chi connectivity index (χ3v) is 1.16. The first-order valence-electron chi connectivity index (χ1n) is 3.33. The largest absolute Gasteiger partial charge is 0.402 e. The first-order chi connectivity index (χ1) is 6.08. The quantitative estimate of drug-likeness (QED) is 0.694. The van der Waals surface area contributed by atoms with Crippen molar-refractivity contribution in [3.63, 3.8) is 0 Å². The van der Waals surface area contributed by atoms with Gasteiger partial charge < -0.3 is 10.5 Å². The van der Waals surface area contributed by atoms with Gasteiger partial charge in [-0.1, -0.05) is 0 Å². The Bertz CT molecular complexity index is 300. The molecule has 0 saturated heterocycles. The minimum Gasteiger partial charge on any atom is -0.402 e. The first kappa shape index (κ1) is 9.43. The van der Waals surface area contributed by atoms with E-state index in [2.05, 4.69) is 9.84 Å². The van der Waals surface area contributed by atoms with Crippen molar-refractivity contribution in [2.24, 2.45) is 0 Å². The molecule has 0 fully saturated rings. The second-order valence-electron chi connectivity index (χ2n) is 2.22. The van der Waals surface area contributed by atoms with Gasteiger partial charge >= 0.3 is 12.6 Å². The summed E-state index contributed by atoms with van der Waals surface area (Å²) >= 11 is 0. The molecule has 0 atom stereocenters. The van der Waals surface area contributed by atoms with Crippen molar-refractivity contribution in [1.82, 2.24) is 9.78 Å². The van der Waals surface area contributed by atoms with Crippen LogP contribution in [-0.2, 0) is 16.1 Å². The molecule has 1 rings (SSSR count). The van der Waals surface area contributed by atoms with E-state index < -0.39 is 12.6 Å². The van der Waals surface area contributed by atoms with Crippen molar-refractivity contribution in [2.45, 2.75) is 13.2 Å². The van der Waals surface area contributed by atoms with E-state index in [1.165, 1.54) is 12.4 Å². The number of esters is 1. The summed E-state index contributed by atoms with van der Waals surface area (Å²) < 4.78 is 27.7. The minimum absolute atomic E-state index is 0.352. The predicted molar refractivity (Wildman–Crippen MR) is 38.7 cm³/mol. The van der Waals surface area contributed by atoms with Gasteiger partial charge in [-0.3, -0.25) is 4.68 Å². The molecule has 0 aliphatic carbocycles. The number of hydrogen-bond donors (Lipinski definition) is 1. The highest BCUT2D eigenvalue weighted by Crippen LogP contribution is 2.00. The van der Waals surface area contributed by atoms with E-state index in [0.29, 0.717) is 5.69 Å². The highest BCUT2D eigenvalue weighted by Gasteiger charge is 2.11. The number of nitrogen functional groups attached to an aromatic ring is 1. The molecule has 0 aromatic carbocycles. The second-order valence-corrected chi connectivity index (χ2v) is 2.22. The Morgan fingerprint density at radius 2 is 2.46 bits per heavy atom. The molecule has 0 radical (unpaired) electrons. The summed E-state index contributed by atoms with van der Waals surface area (Å²) in [5.74, 6) is -1.06.